The molecule has 0 aliphatic carbocycles. The van der Waals surface area contributed by atoms with Crippen LogP contribution < -0.4 is 0 Å². The number of ether oxygens (including phenoxy) is 2. The van der Waals surface area contributed by atoms with Crippen LogP contribution in [0.4, 0.5) is 0 Å². The number of H-pyrrole nitrogens is 1. The lowest BCUT2D eigenvalue weighted by Crippen LogP contribution is -2.22. The predicted octanol–water partition coefficient (Wildman–Crippen LogP) is 2.35. The van der Waals surface area contributed by atoms with Crippen LogP contribution in [0.3, 0.4) is 0 Å². The number of hydrogen-bond donors (Lipinski definition) is 1. The predicted molar refractivity (Wildman–Crippen MR) is 63.4 cm³/mol. The molecule has 5 nitrogen and oxygen atoms in total. The van der Waals surface area contributed by atoms with E-state index in [-0.39, 0.29) is 11.3 Å². The molecule has 1 unspecified atom stereocenters. The highest BCUT2D eigenvalue weighted by Gasteiger charge is 2.20. The van der Waals surface area contributed by atoms with E-state index in [9.17, 15) is 0 Å². The highest BCUT2D eigenvalue weighted by molar-refractivity contribution is 6.41. The lowest BCUT2D eigenvalue weighted by Gasteiger charge is -2.20. The number of rotatable bonds is 1. The van der Waals surface area contributed by atoms with Gasteiger partial charge in [-0.05, 0) is 6.07 Å². The van der Waals surface area contributed by atoms with Crippen molar-refractivity contribution in [3.63, 3.8) is 0 Å². The second kappa shape index (κ2) is 4.42. The van der Waals surface area contributed by atoms with E-state index in [0.29, 0.717) is 36.3 Å². The number of fused-ring (bicyclic) bond motifs is 1. The second-order valence-electron chi connectivity index (χ2n) is 3.69. The summed E-state index contributed by atoms with van der Waals surface area (Å²) in [6.07, 6.45) is -0.185. The largest absolute Gasteiger partial charge is 0.376 e. The van der Waals surface area contributed by atoms with Crippen LogP contribution in [0.5, 0.6) is 0 Å². The summed E-state index contributed by atoms with van der Waals surface area (Å²) in [5.41, 5.74) is 1.27. The maximum Gasteiger partial charge on any atom is 0.179 e. The molecule has 0 saturated carbocycles. The second-order valence-corrected chi connectivity index (χ2v) is 4.45. The van der Waals surface area contributed by atoms with Crippen molar-refractivity contribution in [3.8, 4) is 0 Å². The molecule has 1 atom stereocenters. The van der Waals surface area contributed by atoms with Crippen LogP contribution in [0, 0.1) is 0 Å². The fraction of sp³-hybridized carbons (Fsp3) is 0.400. The third-order valence-electron chi connectivity index (χ3n) is 2.52. The van der Waals surface area contributed by atoms with E-state index >= 15 is 0 Å². The Hall–Kier alpha value is -0.880. The third-order valence-corrected chi connectivity index (χ3v) is 3.20. The van der Waals surface area contributed by atoms with Gasteiger partial charge in [-0.1, -0.05) is 23.2 Å². The van der Waals surface area contributed by atoms with Crippen molar-refractivity contribution >= 4 is 34.4 Å². The SMILES string of the molecule is Clc1cc2[nH]c(C3COCCO3)nc2nc1Cl. The molecule has 3 rings (SSSR count). The van der Waals surface area contributed by atoms with Crippen molar-refractivity contribution in [1.82, 2.24) is 15.0 Å². The van der Waals surface area contributed by atoms with Gasteiger partial charge in [0.05, 0.1) is 30.4 Å². The first-order chi connectivity index (χ1) is 8.24. The van der Waals surface area contributed by atoms with E-state index in [2.05, 4.69) is 15.0 Å². The molecule has 7 heteroatoms. The summed E-state index contributed by atoms with van der Waals surface area (Å²) in [6, 6.07) is 1.70. The summed E-state index contributed by atoms with van der Waals surface area (Å²) in [4.78, 5) is 11.5. The third kappa shape index (κ3) is 2.11. The molecule has 0 spiro atoms. The van der Waals surface area contributed by atoms with Gasteiger partial charge in [0.25, 0.3) is 0 Å². The Balaban J connectivity index is 2.00. The molecule has 17 heavy (non-hydrogen) atoms. The summed E-state index contributed by atoms with van der Waals surface area (Å²) in [5, 5.41) is 0.646. The minimum atomic E-state index is -0.185. The Labute approximate surface area is 107 Å². The molecule has 0 radical (unpaired) electrons. The van der Waals surface area contributed by atoms with Gasteiger partial charge in [0.1, 0.15) is 17.1 Å². The van der Waals surface area contributed by atoms with Crippen molar-refractivity contribution in [2.24, 2.45) is 0 Å². The van der Waals surface area contributed by atoms with Gasteiger partial charge in [0.15, 0.2) is 5.65 Å². The van der Waals surface area contributed by atoms with Gasteiger partial charge < -0.3 is 14.5 Å². The van der Waals surface area contributed by atoms with E-state index in [1.54, 1.807) is 6.07 Å². The Morgan fingerprint density at radius 1 is 1.29 bits per heavy atom. The van der Waals surface area contributed by atoms with Crippen LogP contribution in [-0.2, 0) is 9.47 Å². The average molecular weight is 274 g/mol. The number of aromatic amines is 1. The zero-order chi connectivity index (χ0) is 11.8. The quantitative estimate of drug-likeness (QED) is 0.811. The Morgan fingerprint density at radius 3 is 2.94 bits per heavy atom. The lowest BCUT2D eigenvalue weighted by atomic mass is 10.3. The van der Waals surface area contributed by atoms with Crippen LogP contribution >= 0.6 is 23.2 Å². The van der Waals surface area contributed by atoms with Crippen LogP contribution in [0.15, 0.2) is 6.07 Å². The normalized spacial score (nSPS) is 20.9. The van der Waals surface area contributed by atoms with Crippen molar-refractivity contribution in [2.45, 2.75) is 6.10 Å². The number of nitrogens with one attached hydrogen (secondary N) is 1. The molecule has 90 valence electrons. The number of imidazole rings is 1. The smallest absolute Gasteiger partial charge is 0.179 e. The molecular weight excluding hydrogens is 265 g/mol. The number of hydrogen-bond acceptors (Lipinski definition) is 4. The molecule has 0 aromatic carbocycles. The van der Waals surface area contributed by atoms with E-state index < -0.39 is 0 Å². The summed E-state index contributed by atoms with van der Waals surface area (Å²) in [7, 11) is 0. The molecule has 1 fully saturated rings. The molecular formula is C10H9Cl2N3O2. The van der Waals surface area contributed by atoms with Crippen LogP contribution in [0.1, 0.15) is 11.9 Å². The number of nitrogens with zero attached hydrogens (tertiary/aromatic N) is 2. The minimum absolute atomic E-state index is 0.185. The van der Waals surface area contributed by atoms with E-state index in [1.165, 1.54) is 0 Å². The monoisotopic (exact) mass is 273 g/mol. The summed E-state index contributed by atoms with van der Waals surface area (Å²) in [6.45, 7) is 1.67. The Bertz CT molecular complexity index is 513. The number of aromatic nitrogens is 3. The van der Waals surface area contributed by atoms with E-state index in [4.69, 9.17) is 32.7 Å². The zero-order valence-corrected chi connectivity index (χ0v) is 10.3. The van der Waals surface area contributed by atoms with Gasteiger partial charge >= 0.3 is 0 Å². The molecule has 3 heterocycles. The topological polar surface area (TPSA) is 60.0 Å². The fourth-order valence-electron chi connectivity index (χ4n) is 1.71. The molecule has 2 aromatic heterocycles. The molecule has 2 aromatic rings. The highest BCUT2D eigenvalue weighted by Crippen LogP contribution is 2.26. The zero-order valence-electron chi connectivity index (χ0n) is 8.74. The van der Waals surface area contributed by atoms with E-state index in [0.717, 1.165) is 5.52 Å². The Kier molecular flexibility index (Phi) is 2.92. The van der Waals surface area contributed by atoms with Crippen molar-refractivity contribution < 1.29 is 9.47 Å². The standard InChI is InChI=1S/C10H9Cl2N3O2/c11-5-3-6-9(14-8(5)12)15-10(13-6)7-4-16-1-2-17-7/h3,7H,1-2,4H2,(H,13,14,15). The molecule has 0 amide bonds. The first-order valence-corrected chi connectivity index (χ1v) is 5.90. The molecule has 1 aliphatic rings. The van der Waals surface area contributed by atoms with Crippen LogP contribution in [0.25, 0.3) is 11.2 Å². The summed E-state index contributed by atoms with van der Waals surface area (Å²) in [5.74, 6) is 0.686. The first-order valence-electron chi connectivity index (χ1n) is 5.15. The minimum Gasteiger partial charge on any atom is -0.376 e. The first kappa shape index (κ1) is 11.2. The number of pyridine rings is 1. The average Bonchev–Trinajstić information content (AvgIpc) is 2.74. The molecule has 1 N–H and O–H groups in total. The summed E-state index contributed by atoms with van der Waals surface area (Å²) >= 11 is 11.7. The fourth-order valence-corrected chi connectivity index (χ4v) is 2.00. The highest BCUT2D eigenvalue weighted by atomic mass is 35.5. The van der Waals surface area contributed by atoms with Crippen molar-refractivity contribution in [1.29, 1.82) is 0 Å². The van der Waals surface area contributed by atoms with Crippen LogP contribution in [-0.4, -0.2) is 34.8 Å². The van der Waals surface area contributed by atoms with Gasteiger partial charge in [0.2, 0.25) is 0 Å². The molecule has 1 aliphatic heterocycles. The maximum absolute atomic E-state index is 5.88. The van der Waals surface area contributed by atoms with Gasteiger partial charge in [-0.25, -0.2) is 9.97 Å². The number of halogens is 2. The van der Waals surface area contributed by atoms with Crippen LogP contribution in [0.2, 0.25) is 10.2 Å². The summed E-state index contributed by atoms with van der Waals surface area (Å²) < 4.78 is 10.9. The maximum atomic E-state index is 5.88. The van der Waals surface area contributed by atoms with Crippen molar-refractivity contribution in [2.75, 3.05) is 19.8 Å². The lowest BCUT2D eigenvalue weighted by molar-refractivity contribution is -0.0931. The van der Waals surface area contributed by atoms with Gasteiger partial charge in [-0.15, -0.1) is 0 Å². The molecule has 1 saturated heterocycles. The van der Waals surface area contributed by atoms with Gasteiger partial charge in [-0.3, -0.25) is 0 Å². The van der Waals surface area contributed by atoms with Gasteiger partial charge in [-0.2, -0.15) is 0 Å². The van der Waals surface area contributed by atoms with Crippen molar-refractivity contribution in [3.05, 3.63) is 22.1 Å². The van der Waals surface area contributed by atoms with E-state index in [1.807, 2.05) is 0 Å². The Morgan fingerprint density at radius 2 is 2.18 bits per heavy atom. The molecule has 0 bridgehead atoms. The van der Waals surface area contributed by atoms with Gasteiger partial charge in [0, 0.05) is 0 Å².